The summed E-state index contributed by atoms with van der Waals surface area (Å²) in [5.41, 5.74) is 4.42. The second kappa shape index (κ2) is 10.4. The van der Waals surface area contributed by atoms with Gasteiger partial charge in [-0.05, 0) is 81.0 Å². The van der Waals surface area contributed by atoms with Gasteiger partial charge in [0.1, 0.15) is 11.3 Å². The minimum atomic E-state index is -0.675. The molecule has 1 atom stereocenters. The topological polar surface area (TPSA) is 95.7 Å². The van der Waals surface area contributed by atoms with Crippen LogP contribution in [0.5, 0.6) is 5.75 Å². The first-order valence-corrected chi connectivity index (χ1v) is 13.5. The van der Waals surface area contributed by atoms with E-state index in [2.05, 4.69) is 29.0 Å². The molecule has 8 heteroatoms. The van der Waals surface area contributed by atoms with Crippen LogP contribution in [0.1, 0.15) is 66.7 Å². The summed E-state index contributed by atoms with van der Waals surface area (Å²) in [5.74, 6) is -0.228. The van der Waals surface area contributed by atoms with Crippen LogP contribution in [0.4, 0.5) is 16.0 Å². The van der Waals surface area contributed by atoms with Crippen molar-refractivity contribution in [3.63, 3.8) is 0 Å². The first kappa shape index (κ1) is 27.4. The molecule has 1 aliphatic rings. The number of aldehydes is 1. The fourth-order valence-electron chi connectivity index (χ4n) is 5.37. The van der Waals surface area contributed by atoms with Gasteiger partial charge in [0.15, 0.2) is 11.7 Å². The minimum Gasteiger partial charge on any atom is -0.507 e. The first-order valence-electron chi connectivity index (χ1n) is 13.5. The standard InChI is InChI=1S/C32H34FN3O4/c1-18-14-23(30-24(15-18)29(39)19(2)31(40-30)36-12-10-32(4,5)11-13-36)20(3)34-25-7-9-27(33)35-28(25)21-6-8-26(38)22(16-21)17-37/h6-9,14-17,20,34,38H,10-13H2,1-5H3. The number of pyridine rings is 1. The summed E-state index contributed by atoms with van der Waals surface area (Å²) in [5, 5.41) is 13.9. The summed E-state index contributed by atoms with van der Waals surface area (Å²) >= 11 is 0. The Morgan fingerprint density at radius 3 is 2.55 bits per heavy atom. The molecular weight excluding hydrogens is 509 g/mol. The Bertz CT molecular complexity index is 1670. The van der Waals surface area contributed by atoms with Crippen molar-refractivity contribution in [2.75, 3.05) is 23.3 Å². The van der Waals surface area contributed by atoms with Gasteiger partial charge in [-0.1, -0.05) is 19.9 Å². The van der Waals surface area contributed by atoms with Crippen molar-refractivity contribution in [2.45, 2.75) is 53.5 Å². The maximum absolute atomic E-state index is 14.3. The van der Waals surface area contributed by atoms with Gasteiger partial charge in [-0.15, -0.1) is 0 Å². The van der Waals surface area contributed by atoms with Crippen molar-refractivity contribution >= 4 is 28.8 Å². The number of aromatic hydroxyl groups is 1. The molecular formula is C32H34FN3O4. The number of phenolic OH excluding ortho intramolecular Hbond substituents is 1. The molecule has 0 saturated carbocycles. The van der Waals surface area contributed by atoms with Gasteiger partial charge in [-0.3, -0.25) is 9.59 Å². The molecule has 2 N–H and O–H groups in total. The number of hydrogen-bond acceptors (Lipinski definition) is 7. The summed E-state index contributed by atoms with van der Waals surface area (Å²) in [6.45, 7) is 11.9. The van der Waals surface area contributed by atoms with E-state index in [0.29, 0.717) is 45.6 Å². The second-order valence-electron chi connectivity index (χ2n) is 11.5. The second-order valence-corrected chi connectivity index (χ2v) is 11.5. The van der Waals surface area contributed by atoms with Crippen LogP contribution in [0.2, 0.25) is 0 Å². The summed E-state index contributed by atoms with van der Waals surface area (Å²) in [6.07, 6.45) is 2.56. The van der Waals surface area contributed by atoms with Crippen LogP contribution >= 0.6 is 0 Å². The predicted octanol–water partition coefficient (Wildman–Crippen LogP) is 6.93. The molecule has 1 unspecified atom stereocenters. The van der Waals surface area contributed by atoms with Crippen molar-refractivity contribution in [2.24, 2.45) is 5.41 Å². The fraction of sp³-hybridized carbons (Fsp3) is 0.344. The van der Waals surface area contributed by atoms with E-state index in [1.54, 1.807) is 12.1 Å². The van der Waals surface area contributed by atoms with Gasteiger partial charge in [0.05, 0.1) is 33.9 Å². The number of anilines is 2. The molecule has 3 heterocycles. The molecule has 7 nitrogen and oxygen atoms in total. The van der Waals surface area contributed by atoms with Crippen LogP contribution in [0.3, 0.4) is 0 Å². The van der Waals surface area contributed by atoms with Crippen molar-refractivity contribution < 1.29 is 18.7 Å². The number of hydrogen-bond donors (Lipinski definition) is 2. The molecule has 0 aliphatic carbocycles. The van der Waals surface area contributed by atoms with Crippen molar-refractivity contribution in [1.29, 1.82) is 0 Å². The number of piperidine rings is 1. The van der Waals surface area contributed by atoms with Crippen LogP contribution in [0.15, 0.2) is 51.7 Å². The van der Waals surface area contributed by atoms with E-state index in [9.17, 15) is 19.1 Å². The molecule has 0 spiro atoms. The third kappa shape index (κ3) is 5.18. The Labute approximate surface area is 232 Å². The number of benzene rings is 2. The number of aryl methyl sites for hydroxylation is 1. The van der Waals surface area contributed by atoms with Gasteiger partial charge in [0, 0.05) is 24.2 Å². The van der Waals surface area contributed by atoms with E-state index < -0.39 is 5.95 Å². The molecule has 4 aromatic rings. The summed E-state index contributed by atoms with van der Waals surface area (Å²) < 4.78 is 20.8. The highest BCUT2D eigenvalue weighted by molar-refractivity contribution is 5.86. The number of fused-ring (bicyclic) bond motifs is 1. The largest absolute Gasteiger partial charge is 0.507 e. The van der Waals surface area contributed by atoms with Gasteiger partial charge in [-0.25, -0.2) is 4.98 Å². The zero-order valence-corrected chi connectivity index (χ0v) is 23.5. The van der Waals surface area contributed by atoms with Gasteiger partial charge in [-0.2, -0.15) is 4.39 Å². The monoisotopic (exact) mass is 543 g/mol. The van der Waals surface area contributed by atoms with Gasteiger partial charge >= 0.3 is 0 Å². The molecule has 1 saturated heterocycles. The Morgan fingerprint density at radius 2 is 1.85 bits per heavy atom. The smallest absolute Gasteiger partial charge is 0.213 e. The molecule has 2 aromatic heterocycles. The Balaban J connectivity index is 1.58. The molecule has 0 amide bonds. The van der Waals surface area contributed by atoms with Crippen LogP contribution in [0.25, 0.3) is 22.2 Å². The molecule has 40 heavy (non-hydrogen) atoms. The van der Waals surface area contributed by atoms with E-state index in [0.717, 1.165) is 37.1 Å². The Hall–Kier alpha value is -4.20. The van der Waals surface area contributed by atoms with E-state index in [1.807, 2.05) is 32.9 Å². The molecule has 0 bridgehead atoms. The van der Waals surface area contributed by atoms with Crippen molar-refractivity contribution in [3.05, 3.63) is 80.9 Å². The lowest BCUT2D eigenvalue weighted by atomic mass is 9.82. The lowest BCUT2D eigenvalue weighted by Crippen LogP contribution is -2.38. The quantitative estimate of drug-likeness (QED) is 0.201. The fourth-order valence-corrected chi connectivity index (χ4v) is 5.37. The number of nitrogens with one attached hydrogen (secondary N) is 1. The predicted molar refractivity (Wildman–Crippen MR) is 156 cm³/mol. The lowest BCUT2D eigenvalue weighted by molar-refractivity contribution is 0.112. The molecule has 1 aliphatic heterocycles. The highest BCUT2D eigenvalue weighted by Gasteiger charge is 2.29. The summed E-state index contributed by atoms with van der Waals surface area (Å²) in [6, 6.07) is 10.8. The first-order chi connectivity index (χ1) is 19.0. The Morgan fingerprint density at radius 1 is 1.12 bits per heavy atom. The molecule has 208 valence electrons. The summed E-state index contributed by atoms with van der Waals surface area (Å²) in [4.78, 5) is 31.2. The van der Waals surface area contributed by atoms with Crippen LogP contribution in [-0.2, 0) is 0 Å². The number of aromatic nitrogens is 1. The number of carbonyl (C=O) groups is 1. The highest BCUT2D eigenvalue weighted by Crippen LogP contribution is 2.37. The van der Waals surface area contributed by atoms with Crippen LogP contribution in [0, 0.1) is 25.2 Å². The lowest BCUT2D eigenvalue weighted by Gasteiger charge is -2.37. The number of nitrogens with zero attached hydrogens (tertiary/aromatic N) is 2. The number of rotatable bonds is 6. The molecule has 2 aromatic carbocycles. The number of halogens is 1. The zero-order chi connectivity index (χ0) is 28.8. The Kier molecular flexibility index (Phi) is 7.12. The molecule has 1 fully saturated rings. The third-order valence-corrected chi connectivity index (χ3v) is 7.90. The average molecular weight is 544 g/mol. The maximum Gasteiger partial charge on any atom is 0.213 e. The SMILES string of the molecule is Cc1cc(C(C)Nc2ccc(F)nc2-c2ccc(O)c(C=O)c2)c2oc(N3CCC(C)(C)CC3)c(C)c(=O)c2c1. The molecule has 5 rings (SSSR count). The number of carbonyl (C=O) groups excluding carboxylic acids is 1. The normalized spacial score (nSPS) is 15.7. The molecule has 0 radical (unpaired) electrons. The van der Waals surface area contributed by atoms with Gasteiger partial charge < -0.3 is 19.7 Å². The van der Waals surface area contributed by atoms with E-state index >= 15 is 0 Å². The third-order valence-electron chi connectivity index (χ3n) is 7.90. The minimum absolute atomic E-state index is 0.0483. The zero-order valence-electron chi connectivity index (χ0n) is 23.5. The van der Waals surface area contributed by atoms with Crippen LogP contribution in [-0.4, -0.2) is 29.5 Å². The van der Waals surface area contributed by atoms with Crippen LogP contribution < -0.4 is 15.6 Å². The van der Waals surface area contributed by atoms with E-state index in [-0.39, 0.29) is 28.2 Å². The maximum atomic E-state index is 14.3. The summed E-state index contributed by atoms with van der Waals surface area (Å²) in [7, 11) is 0. The highest BCUT2D eigenvalue weighted by atomic mass is 19.1. The van der Waals surface area contributed by atoms with Crippen molar-refractivity contribution in [1.82, 2.24) is 4.98 Å². The average Bonchev–Trinajstić information content (AvgIpc) is 2.92. The van der Waals surface area contributed by atoms with Gasteiger partial charge in [0.25, 0.3) is 0 Å². The number of phenols is 1. The van der Waals surface area contributed by atoms with E-state index in [4.69, 9.17) is 4.42 Å². The van der Waals surface area contributed by atoms with E-state index in [1.165, 1.54) is 18.2 Å². The van der Waals surface area contributed by atoms with Gasteiger partial charge in [0.2, 0.25) is 11.8 Å². The van der Waals surface area contributed by atoms with Crippen molar-refractivity contribution in [3.8, 4) is 17.0 Å².